The van der Waals surface area contributed by atoms with Gasteiger partial charge in [-0.2, -0.15) is 4.39 Å². The lowest BCUT2D eigenvalue weighted by Crippen LogP contribution is -2.13. The minimum atomic E-state index is -0.406. The fourth-order valence-corrected chi connectivity index (χ4v) is 2.01. The van der Waals surface area contributed by atoms with Crippen molar-refractivity contribution in [2.75, 3.05) is 0 Å². The van der Waals surface area contributed by atoms with E-state index in [0.717, 1.165) is 12.0 Å². The van der Waals surface area contributed by atoms with Crippen molar-refractivity contribution in [1.82, 2.24) is 0 Å². The molecule has 0 atom stereocenters. The number of allylic oxidation sites excluding steroid dienone is 5. The van der Waals surface area contributed by atoms with E-state index in [0.29, 0.717) is 0 Å². The van der Waals surface area contributed by atoms with Crippen LogP contribution in [0, 0.1) is 5.82 Å². The molecule has 2 aromatic rings. The van der Waals surface area contributed by atoms with E-state index >= 15 is 0 Å². The first-order valence-electron chi connectivity index (χ1n) is 9.48. The summed E-state index contributed by atoms with van der Waals surface area (Å²) in [6.07, 6.45) is 9.40. The van der Waals surface area contributed by atoms with Crippen LogP contribution in [0.4, 0.5) is 8.78 Å². The number of benzene rings is 2. The lowest BCUT2D eigenvalue weighted by molar-refractivity contribution is -0.117. The average Bonchev–Trinajstić information content (AvgIpc) is 2.72. The molecule has 2 aromatic carbocycles. The van der Waals surface area contributed by atoms with E-state index in [1.165, 1.54) is 23.8 Å². The van der Waals surface area contributed by atoms with E-state index in [9.17, 15) is 13.6 Å². The van der Waals surface area contributed by atoms with Crippen LogP contribution in [0.1, 0.15) is 31.9 Å². The monoisotopic (exact) mass is 397 g/mol. The Bertz CT molecular complexity index is 816. The predicted octanol–water partition coefficient (Wildman–Crippen LogP) is 6.25. The Morgan fingerprint density at radius 2 is 1.66 bits per heavy atom. The Morgan fingerprint density at radius 3 is 2.21 bits per heavy atom. The zero-order valence-electron chi connectivity index (χ0n) is 17.2. The third-order valence-corrected chi connectivity index (χ3v) is 3.25. The molecule has 0 aliphatic rings. The van der Waals surface area contributed by atoms with Gasteiger partial charge in [-0.15, -0.1) is 0 Å². The minimum absolute atomic E-state index is 0.167. The Hall–Kier alpha value is -3.23. The van der Waals surface area contributed by atoms with Crippen molar-refractivity contribution in [2.45, 2.75) is 33.6 Å². The van der Waals surface area contributed by atoms with Gasteiger partial charge in [0, 0.05) is 0 Å². The molecule has 1 amide bonds. The predicted molar refractivity (Wildman–Crippen MR) is 117 cm³/mol. The summed E-state index contributed by atoms with van der Waals surface area (Å²) in [6, 6.07) is 15.8. The fourth-order valence-electron chi connectivity index (χ4n) is 2.01. The standard InChI is InChI=1S/C15H15F.C8H8FNO.C2H6/c1-2-9-15(16)13-8-4-7-12-14-10-5-3-6-11-14;9-7-3-1-6(2-4-7)5-8(10)11;1-2/h2-11H,12H2,1H3;1-4H,5H2,(H2,10,11);1-2H3/b7-4+,9-2-;;. The van der Waals surface area contributed by atoms with Gasteiger partial charge >= 0.3 is 0 Å². The van der Waals surface area contributed by atoms with Crippen LogP contribution < -0.4 is 5.73 Å². The molecule has 4 heteroatoms. The van der Waals surface area contributed by atoms with Crippen LogP contribution in [-0.2, 0) is 17.6 Å². The topological polar surface area (TPSA) is 43.1 Å². The van der Waals surface area contributed by atoms with Crippen LogP contribution in [0.25, 0.3) is 0 Å². The first-order chi connectivity index (χ1) is 14.0. The Labute approximate surface area is 172 Å². The highest BCUT2D eigenvalue weighted by molar-refractivity contribution is 5.76. The van der Waals surface area contributed by atoms with E-state index in [-0.39, 0.29) is 18.1 Å². The van der Waals surface area contributed by atoms with Gasteiger partial charge in [-0.3, -0.25) is 4.79 Å². The summed E-state index contributed by atoms with van der Waals surface area (Å²) in [4.78, 5) is 10.4. The molecule has 154 valence electrons. The normalized spacial score (nSPS) is 9.69. The quantitative estimate of drug-likeness (QED) is 0.454. The number of halogens is 2. The molecule has 29 heavy (non-hydrogen) atoms. The number of amides is 1. The maximum absolute atomic E-state index is 12.8. The van der Waals surface area contributed by atoms with Gasteiger partial charge in [-0.1, -0.05) is 80.3 Å². The van der Waals surface area contributed by atoms with Crippen molar-refractivity contribution < 1.29 is 13.6 Å². The second-order valence-electron chi connectivity index (χ2n) is 5.55. The summed E-state index contributed by atoms with van der Waals surface area (Å²) in [7, 11) is 0. The van der Waals surface area contributed by atoms with Crippen molar-refractivity contribution >= 4 is 5.91 Å². The number of hydrogen-bond donors (Lipinski definition) is 1. The highest BCUT2D eigenvalue weighted by Gasteiger charge is 1.97. The van der Waals surface area contributed by atoms with Crippen LogP contribution in [0.3, 0.4) is 0 Å². The molecule has 0 heterocycles. The molecule has 2 N–H and O–H groups in total. The molecular formula is C25H29F2NO. The molecule has 0 saturated carbocycles. The van der Waals surface area contributed by atoms with Crippen molar-refractivity contribution in [3.05, 3.63) is 113 Å². The third kappa shape index (κ3) is 14.5. The van der Waals surface area contributed by atoms with Gasteiger partial charge in [0.2, 0.25) is 5.91 Å². The molecule has 0 fully saturated rings. The first-order valence-corrected chi connectivity index (χ1v) is 9.48. The summed E-state index contributed by atoms with van der Waals surface area (Å²) < 4.78 is 25.1. The highest BCUT2D eigenvalue weighted by Crippen LogP contribution is 2.02. The highest BCUT2D eigenvalue weighted by atomic mass is 19.1. The lowest BCUT2D eigenvalue weighted by Gasteiger charge is -1.95. The van der Waals surface area contributed by atoms with Gasteiger partial charge in [0.15, 0.2) is 5.83 Å². The molecule has 0 radical (unpaired) electrons. The van der Waals surface area contributed by atoms with E-state index in [2.05, 4.69) is 17.9 Å². The molecule has 0 bridgehead atoms. The maximum Gasteiger partial charge on any atom is 0.221 e. The number of primary amides is 1. The van der Waals surface area contributed by atoms with E-state index < -0.39 is 5.91 Å². The third-order valence-electron chi connectivity index (χ3n) is 3.25. The zero-order valence-corrected chi connectivity index (χ0v) is 17.2. The second-order valence-corrected chi connectivity index (χ2v) is 5.55. The summed E-state index contributed by atoms with van der Waals surface area (Å²) in [6.45, 7) is 5.77. The molecule has 2 nitrogen and oxygen atoms in total. The Morgan fingerprint density at radius 1 is 1.03 bits per heavy atom. The maximum atomic E-state index is 12.8. The van der Waals surface area contributed by atoms with Gasteiger partial charge in [-0.05, 0) is 48.8 Å². The molecular weight excluding hydrogens is 368 g/mol. The number of carbonyl (C=O) groups is 1. The van der Waals surface area contributed by atoms with Crippen LogP contribution in [0.5, 0.6) is 0 Å². The average molecular weight is 398 g/mol. The molecule has 0 aliphatic carbocycles. The molecule has 0 aliphatic heterocycles. The number of rotatable bonds is 6. The molecule has 0 unspecified atom stereocenters. The Kier molecular flexibility index (Phi) is 15.0. The van der Waals surface area contributed by atoms with Crippen LogP contribution in [0.15, 0.2) is 96.5 Å². The number of hydrogen-bond acceptors (Lipinski definition) is 1. The fraction of sp³-hybridized carbons (Fsp3) is 0.200. The van der Waals surface area contributed by atoms with Crippen LogP contribution >= 0.6 is 0 Å². The van der Waals surface area contributed by atoms with Crippen molar-refractivity contribution in [1.29, 1.82) is 0 Å². The zero-order chi connectivity index (χ0) is 21.9. The lowest BCUT2D eigenvalue weighted by atomic mass is 10.1. The molecule has 0 spiro atoms. The molecule has 0 saturated heterocycles. The Balaban J connectivity index is 0.000000526. The van der Waals surface area contributed by atoms with E-state index in [1.54, 1.807) is 37.3 Å². The molecule has 2 rings (SSSR count). The summed E-state index contributed by atoms with van der Waals surface area (Å²) >= 11 is 0. The first kappa shape index (κ1) is 25.8. The van der Waals surface area contributed by atoms with Gasteiger partial charge in [-0.25, -0.2) is 4.39 Å². The van der Waals surface area contributed by atoms with Crippen molar-refractivity contribution in [2.24, 2.45) is 5.73 Å². The van der Waals surface area contributed by atoms with Gasteiger partial charge in [0.25, 0.3) is 0 Å². The van der Waals surface area contributed by atoms with Crippen LogP contribution in [-0.4, -0.2) is 5.91 Å². The summed E-state index contributed by atoms with van der Waals surface area (Å²) in [5.74, 6) is -1.07. The van der Waals surface area contributed by atoms with Crippen molar-refractivity contribution in [3.63, 3.8) is 0 Å². The van der Waals surface area contributed by atoms with E-state index in [1.807, 2.05) is 38.1 Å². The minimum Gasteiger partial charge on any atom is -0.369 e. The van der Waals surface area contributed by atoms with Crippen LogP contribution in [0.2, 0.25) is 0 Å². The number of nitrogens with two attached hydrogens (primary N) is 1. The number of carbonyl (C=O) groups excluding carboxylic acids is 1. The second kappa shape index (κ2) is 16.9. The van der Waals surface area contributed by atoms with Crippen molar-refractivity contribution in [3.8, 4) is 0 Å². The summed E-state index contributed by atoms with van der Waals surface area (Å²) in [5, 5.41) is 0. The van der Waals surface area contributed by atoms with E-state index in [4.69, 9.17) is 5.73 Å². The smallest absolute Gasteiger partial charge is 0.221 e. The van der Waals surface area contributed by atoms with Gasteiger partial charge in [0.05, 0.1) is 6.42 Å². The largest absolute Gasteiger partial charge is 0.369 e. The SMILES string of the molecule is C/C=C\C(F)=C=C/C=C/Cc1ccccc1.CC.NC(=O)Cc1ccc(F)cc1. The molecule has 0 aromatic heterocycles. The summed E-state index contributed by atoms with van der Waals surface area (Å²) in [5.41, 5.74) is 9.43. The van der Waals surface area contributed by atoms with Gasteiger partial charge < -0.3 is 5.73 Å². The van der Waals surface area contributed by atoms with Gasteiger partial charge in [0.1, 0.15) is 5.82 Å².